The van der Waals surface area contributed by atoms with Crippen molar-refractivity contribution in [3.8, 4) is 17.2 Å². The van der Waals surface area contributed by atoms with Gasteiger partial charge in [0.2, 0.25) is 0 Å². The van der Waals surface area contributed by atoms with Gasteiger partial charge >= 0.3 is 0 Å². The minimum absolute atomic E-state index is 0.0989. The van der Waals surface area contributed by atoms with E-state index in [-0.39, 0.29) is 30.4 Å². The highest BCUT2D eigenvalue weighted by molar-refractivity contribution is 6.09. The van der Waals surface area contributed by atoms with Gasteiger partial charge in [-0.15, -0.1) is 0 Å². The molecule has 0 saturated carbocycles. The number of anilines is 2. The van der Waals surface area contributed by atoms with Crippen molar-refractivity contribution in [3.63, 3.8) is 0 Å². The molecular weight excluding hydrogens is 415 g/mol. The van der Waals surface area contributed by atoms with Gasteiger partial charge in [-0.05, 0) is 48.0 Å². The van der Waals surface area contributed by atoms with Crippen LogP contribution in [0.2, 0.25) is 0 Å². The summed E-state index contributed by atoms with van der Waals surface area (Å²) in [6.45, 7) is 0.144. The standard InChI is InChI=1S/C24H21FN2O5/c1-30-20-4-3-5-21(31-2)23(20)24(29)26-17-10-11-19-18(12-17)27(22(28)14-32-19)13-15-6-8-16(25)9-7-15/h3-12H,13-14H2,1-2H3,(H,26,29). The highest BCUT2D eigenvalue weighted by atomic mass is 19.1. The van der Waals surface area contributed by atoms with Gasteiger partial charge < -0.3 is 24.4 Å². The Balaban J connectivity index is 1.63. The molecule has 8 heteroatoms. The maximum atomic E-state index is 13.2. The van der Waals surface area contributed by atoms with Crippen molar-refractivity contribution in [1.29, 1.82) is 0 Å². The van der Waals surface area contributed by atoms with Crippen LogP contribution in [0.4, 0.5) is 15.8 Å². The van der Waals surface area contributed by atoms with E-state index in [0.717, 1.165) is 5.56 Å². The summed E-state index contributed by atoms with van der Waals surface area (Å²) in [6.07, 6.45) is 0. The van der Waals surface area contributed by atoms with Crippen LogP contribution in [-0.4, -0.2) is 32.6 Å². The number of methoxy groups -OCH3 is 2. The number of nitrogens with one attached hydrogen (secondary N) is 1. The molecule has 0 radical (unpaired) electrons. The maximum Gasteiger partial charge on any atom is 0.265 e. The van der Waals surface area contributed by atoms with Crippen molar-refractivity contribution in [2.75, 3.05) is 31.0 Å². The van der Waals surface area contributed by atoms with Crippen molar-refractivity contribution in [1.82, 2.24) is 0 Å². The Hall–Kier alpha value is -4.07. The van der Waals surface area contributed by atoms with Crippen LogP contribution in [0.15, 0.2) is 60.7 Å². The SMILES string of the molecule is COc1cccc(OC)c1C(=O)Nc1ccc2c(c1)N(Cc1ccc(F)cc1)C(=O)CO2. The van der Waals surface area contributed by atoms with E-state index >= 15 is 0 Å². The van der Waals surface area contributed by atoms with E-state index in [2.05, 4.69) is 5.32 Å². The molecule has 164 valence electrons. The second-order valence-corrected chi connectivity index (χ2v) is 7.07. The summed E-state index contributed by atoms with van der Waals surface area (Å²) in [7, 11) is 2.95. The summed E-state index contributed by atoms with van der Waals surface area (Å²) >= 11 is 0. The minimum Gasteiger partial charge on any atom is -0.496 e. The number of benzene rings is 3. The van der Waals surface area contributed by atoms with Gasteiger partial charge in [-0.25, -0.2) is 4.39 Å². The summed E-state index contributed by atoms with van der Waals surface area (Å²) in [5.41, 5.74) is 1.99. The lowest BCUT2D eigenvalue weighted by atomic mass is 10.1. The van der Waals surface area contributed by atoms with Crippen LogP contribution >= 0.6 is 0 Å². The molecule has 4 rings (SSSR count). The number of hydrogen-bond acceptors (Lipinski definition) is 5. The Labute approximate surface area is 184 Å². The Bertz CT molecular complexity index is 1140. The van der Waals surface area contributed by atoms with E-state index in [9.17, 15) is 14.0 Å². The first-order valence-electron chi connectivity index (χ1n) is 9.84. The van der Waals surface area contributed by atoms with Gasteiger partial charge in [0.15, 0.2) is 6.61 Å². The van der Waals surface area contributed by atoms with Gasteiger partial charge in [-0.3, -0.25) is 9.59 Å². The molecule has 0 saturated heterocycles. The molecule has 0 fully saturated rings. The first-order chi connectivity index (χ1) is 15.5. The van der Waals surface area contributed by atoms with E-state index in [1.165, 1.54) is 26.4 Å². The zero-order valence-electron chi connectivity index (χ0n) is 17.6. The van der Waals surface area contributed by atoms with Gasteiger partial charge in [0.05, 0.1) is 26.5 Å². The molecule has 1 N–H and O–H groups in total. The number of rotatable bonds is 6. The molecule has 1 heterocycles. The largest absolute Gasteiger partial charge is 0.496 e. The van der Waals surface area contributed by atoms with Crippen molar-refractivity contribution >= 4 is 23.2 Å². The minimum atomic E-state index is -0.424. The van der Waals surface area contributed by atoms with Crippen LogP contribution in [0.3, 0.4) is 0 Å². The van der Waals surface area contributed by atoms with Crippen LogP contribution < -0.4 is 24.4 Å². The fourth-order valence-corrected chi connectivity index (χ4v) is 3.49. The van der Waals surface area contributed by atoms with Gasteiger partial charge in [0, 0.05) is 5.69 Å². The molecule has 32 heavy (non-hydrogen) atoms. The molecule has 0 atom stereocenters. The molecule has 1 aliphatic heterocycles. The first-order valence-corrected chi connectivity index (χ1v) is 9.84. The zero-order valence-corrected chi connectivity index (χ0v) is 17.6. The van der Waals surface area contributed by atoms with Crippen LogP contribution in [0.1, 0.15) is 15.9 Å². The van der Waals surface area contributed by atoms with E-state index in [4.69, 9.17) is 14.2 Å². The number of carbonyl (C=O) groups excluding carboxylic acids is 2. The van der Waals surface area contributed by atoms with Gasteiger partial charge in [0.1, 0.15) is 28.6 Å². The molecule has 0 aliphatic carbocycles. The van der Waals surface area contributed by atoms with Gasteiger partial charge in [-0.2, -0.15) is 0 Å². The molecule has 2 amide bonds. The molecule has 0 spiro atoms. The van der Waals surface area contributed by atoms with Crippen molar-refractivity contribution < 1.29 is 28.2 Å². The number of ether oxygens (including phenoxy) is 3. The molecule has 3 aromatic rings. The molecule has 1 aliphatic rings. The Kier molecular flexibility index (Phi) is 5.93. The highest BCUT2D eigenvalue weighted by Gasteiger charge is 2.27. The predicted molar refractivity (Wildman–Crippen MR) is 117 cm³/mol. The number of hydrogen-bond donors (Lipinski definition) is 1. The average Bonchev–Trinajstić information content (AvgIpc) is 2.81. The normalized spacial score (nSPS) is 12.6. The summed E-state index contributed by atoms with van der Waals surface area (Å²) in [4.78, 5) is 27.1. The lowest BCUT2D eigenvalue weighted by Crippen LogP contribution is -2.38. The zero-order chi connectivity index (χ0) is 22.7. The first kappa shape index (κ1) is 21.2. The fourth-order valence-electron chi connectivity index (χ4n) is 3.49. The second-order valence-electron chi connectivity index (χ2n) is 7.07. The summed E-state index contributed by atoms with van der Waals surface area (Å²) in [5.74, 6) is 0.246. The van der Waals surface area contributed by atoms with Crippen LogP contribution in [0.25, 0.3) is 0 Å². The Morgan fingerprint density at radius 1 is 1.06 bits per heavy atom. The number of nitrogens with zero attached hydrogens (tertiary/aromatic N) is 1. The third-order valence-corrected chi connectivity index (χ3v) is 5.07. The lowest BCUT2D eigenvalue weighted by Gasteiger charge is -2.30. The maximum absolute atomic E-state index is 13.2. The number of halogens is 1. The predicted octanol–water partition coefficient (Wildman–Crippen LogP) is 4.02. The smallest absolute Gasteiger partial charge is 0.265 e. The molecule has 0 aromatic heterocycles. The van der Waals surface area contributed by atoms with Crippen LogP contribution in [-0.2, 0) is 11.3 Å². The second kappa shape index (κ2) is 8.97. The quantitative estimate of drug-likeness (QED) is 0.632. The van der Waals surface area contributed by atoms with Crippen LogP contribution in [0.5, 0.6) is 17.2 Å². The third kappa shape index (κ3) is 4.20. The lowest BCUT2D eigenvalue weighted by molar-refractivity contribution is -0.121. The van der Waals surface area contributed by atoms with Crippen molar-refractivity contribution in [3.05, 3.63) is 77.6 Å². The fraction of sp³-hybridized carbons (Fsp3) is 0.167. The van der Waals surface area contributed by atoms with Gasteiger partial charge in [-0.1, -0.05) is 18.2 Å². The summed E-state index contributed by atoms with van der Waals surface area (Å²) in [6, 6.07) is 16.0. The molecule has 0 unspecified atom stereocenters. The summed E-state index contributed by atoms with van der Waals surface area (Å²) < 4.78 is 29.4. The van der Waals surface area contributed by atoms with E-state index < -0.39 is 5.91 Å². The van der Waals surface area contributed by atoms with Crippen molar-refractivity contribution in [2.24, 2.45) is 0 Å². The Morgan fingerprint density at radius 2 is 1.75 bits per heavy atom. The number of carbonyl (C=O) groups is 2. The number of fused-ring (bicyclic) bond motifs is 1. The van der Waals surface area contributed by atoms with Gasteiger partial charge in [0.25, 0.3) is 11.8 Å². The Morgan fingerprint density at radius 3 is 2.41 bits per heavy atom. The van der Waals surface area contributed by atoms with E-state index in [0.29, 0.717) is 28.6 Å². The highest BCUT2D eigenvalue weighted by Crippen LogP contribution is 2.36. The van der Waals surface area contributed by atoms with E-state index in [1.807, 2.05) is 0 Å². The van der Waals surface area contributed by atoms with E-state index in [1.54, 1.807) is 53.4 Å². The topological polar surface area (TPSA) is 77.1 Å². The number of amides is 2. The monoisotopic (exact) mass is 436 g/mol. The molecule has 0 bridgehead atoms. The van der Waals surface area contributed by atoms with Crippen molar-refractivity contribution in [2.45, 2.75) is 6.54 Å². The third-order valence-electron chi connectivity index (χ3n) is 5.07. The molecular formula is C24H21FN2O5. The average molecular weight is 436 g/mol. The molecule has 7 nitrogen and oxygen atoms in total. The summed E-state index contributed by atoms with van der Waals surface area (Å²) in [5, 5.41) is 2.82. The molecule has 3 aromatic carbocycles. The van der Waals surface area contributed by atoms with Crippen LogP contribution in [0, 0.1) is 5.82 Å².